The van der Waals surface area contributed by atoms with Gasteiger partial charge in [0.1, 0.15) is 12.2 Å². The van der Waals surface area contributed by atoms with E-state index in [9.17, 15) is 9.59 Å². The van der Waals surface area contributed by atoms with Gasteiger partial charge in [0.25, 0.3) is 0 Å². The minimum Gasteiger partial charge on any atom is -0.445 e. The molecule has 1 fully saturated rings. The maximum atomic E-state index is 12.0. The van der Waals surface area contributed by atoms with Crippen LogP contribution in [0.4, 0.5) is 9.59 Å². The predicted molar refractivity (Wildman–Crippen MR) is 86.0 cm³/mol. The van der Waals surface area contributed by atoms with Crippen molar-refractivity contribution in [3.8, 4) is 0 Å². The van der Waals surface area contributed by atoms with Crippen molar-refractivity contribution >= 4 is 12.2 Å². The summed E-state index contributed by atoms with van der Waals surface area (Å²) in [5.74, 6) is 0. The lowest BCUT2D eigenvalue weighted by Gasteiger charge is -2.28. The molecule has 1 heterocycles. The third-order valence-corrected chi connectivity index (χ3v) is 3.60. The summed E-state index contributed by atoms with van der Waals surface area (Å²) in [6.07, 6.45) is 1.17. The van der Waals surface area contributed by atoms with Crippen molar-refractivity contribution in [2.45, 2.75) is 38.9 Å². The molecule has 0 bridgehead atoms. The maximum Gasteiger partial charge on any atom is 0.410 e. The fourth-order valence-corrected chi connectivity index (χ4v) is 2.30. The first-order valence-corrected chi connectivity index (χ1v) is 7.89. The third-order valence-electron chi connectivity index (χ3n) is 3.60. The van der Waals surface area contributed by atoms with Gasteiger partial charge in [0.15, 0.2) is 0 Å². The van der Waals surface area contributed by atoms with Crippen LogP contribution < -0.4 is 5.32 Å². The Bertz CT molecular complexity index is 525. The summed E-state index contributed by atoms with van der Waals surface area (Å²) in [6, 6.07) is 9.44. The SMILES string of the molecule is CC(C)(CNC(=O)OCc1ccccc1)OC(=O)N1CCCC1. The summed E-state index contributed by atoms with van der Waals surface area (Å²) in [5.41, 5.74) is 0.133. The molecular weight excluding hydrogens is 296 g/mol. The first-order chi connectivity index (χ1) is 11.0. The highest BCUT2D eigenvalue weighted by molar-refractivity contribution is 5.69. The quantitative estimate of drug-likeness (QED) is 0.906. The summed E-state index contributed by atoms with van der Waals surface area (Å²) in [5, 5.41) is 2.63. The van der Waals surface area contributed by atoms with E-state index < -0.39 is 11.7 Å². The van der Waals surface area contributed by atoms with Gasteiger partial charge in [0.2, 0.25) is 0 Å². The Balaban J connectivity index is 1.70. The average Bonchev–Trinajstić information content (AvgIpc) is 3.06. The standard InChI is InChI=1S/C17H24N2O4/c1-17(2,23-16(21)19-10-6-7-11-19)13-18-15(20)22-12-14-8-4-3-5-9-14/h3-5,8-9H,6-7,10-13H2,1-2H3,(H,18,20). The van der Waals surface area contributed by atoms with E-state index >= 15 is 0 Å². The molecule has 6 nitrogen and oxygen atoms in total. The first-order valence-electron chi connectivity index (χ1n) is 7.89. The van der Waals surface area contributed by atoms with Crippen LogP contribution in [-0.4, -0.2) is 42.3 Å². The number of benzene rings is 1. The summed E-state index contributed by atoms with van der Waals surface area (Å²) in [6.45, 7) is 5.40. The molecular formula is C17H24N2O4. The number of nitrogens with zero attached hydrogens (tertiary/aromatic N) is 1. The van der Waals surface area contributed by atoms with E-state index in [4.69, 9.17) is 9.47 Å². The Morgan fingerprint density at radius 3 is 2.48 bits per heavy atom. The summed E-state index contributed by atoms with van der Waals surface area (Å²) < 4.78 is 10.6. The lowest BCUT2D eigenvalue weighted by molar-refractivity contribution is 0.0170. The van der Waals surface area contributed by atoms with Crippen molar-refractivity contribution in [3.63, 3.8) is 0 Å². The minimum atomic E-state index is -0.786. The number of rotatable bonds is 5. The molecule has 1 aromatic rings. The summed E-state index contributed by atoms with van der Waals surface area (Å²) in [4.78, 5) is 25.4. The zero-order valence-electron chi connectivity index (χ0n) is 13.7. The van der Waals surface area contributed by atoms with Gasteiger partial charge in [-0.15, -0.1) is 0 Å². The van der Waals surface area contributed by atoms with Crippen LogP contribution >= 0.6 is 0 Å². The number of hydrogen-bond donors (Lipinski definition) is 1. The highest BCUT2D eigenvalue weighted by Crippen LogP contribution is 2.15. The predicted octanol–water partition coefficient (Wildman–Crippen LogP) is 2.92. The maximum absolute atomic E-state index is 12.0. The van der Waals surface area contributed by atoms with Gasteiger partial charge in [-0.25, -0.2) is 9.59 Å². The molecule has 0 aromatic heterocycles. The molecule has 1 aliphatic rings. The van der Waals surface area contributed by atoms with Crippen molar-refractivity contribution in [2.75, 3.05) is 19.6 Å². The molecule has 1 aromatic carbocycles. The number of carbonyl (C=O) groups excluding carboxylic acids is 2. The van der Waals surface area contributed by atoms with Crippen molar-refractivity contribution in [1.82, 2.24) is 10.2 Å². The number of carbonyl (C=O) groups is 2. The highest BCUT2D eigenvalue weighted by Gasteiger charge is 2.28. The Labute approximate surface area is 136 Å². The van der Waals surface area contributed by atoms with Gasteiger partial charge in [-0.3, -0.25) is 0 Å². The van der Waals surface area contributed by atoms with E-state index in [1.54, 1.807) is 18.7 Å². The van der Waals surface area contributed by atoms with Gasteiger partial charge < -0.3 is 19.7 Å². The molecule has 0 saturated carbocycles. The van der Waals surface area contributed by atoms with Crippen LogP contribution in [0.25, 0.3) is 0 Å². The highest BCUT2D eigenvalue weighted by atomic mass is 16.6. The van der Waals surface area contributed by atoms with Crippen LogP contribution in [0, 0.1) is 0 Å². The van der Waals surface area contributed by atoms with E-state index in [0.29, 0.717) is 0 Å². The smallest absolute Gasteiger partial charge is 0.410 e. The molecule has 2 rings (SSSR count). The molecule has 0 unspecified atom stereocenters. The Hall–Kier alpha value is -2.24. The lowest BCUT2D eigenvalue weighted by Crippen LogP contribution is -2.44. The van der Waals surface area contributed by atoms with Gasteiger partial charge in [0, 0.05) is 13.1 Å². The topological polar surface area (TPSA) is 67.9 Å². The van der Waals surface area contributed by atoms with E-state index in [2.05, 4.69) is 5.32 Å². The first kappa shape index (κ1) is 17.1. The molecule has 0 radical (unpaired) electrons. The fourth-order valence-electron chi connectivity index (χ4n) is 2.30. The van der Waals surface area contributed by atoms with Crippen LogP contribution in [0.3, 0.4) is 0 Å². The molecule has 0 spiro atoms. The number of ether oxygens (including phenoxy) is 2. The van der Waals surface area contributed by atoms with Crippen LogP contribution in [0.2, 0.25) is 0 Å². The molecule has 6 heteroatoms. The number of hydrogen-bond acceptors (Lipinski definition) is 4. The van der Waals surface area contributed by atoms with E-state index in [1.165, 1.54) is 0 Å². The second-order valence-corrected chi connectivity index (χ2v) is 6.24. The number of likely N-dealkylation sites (tertiary alicyclic amines) is 1. The van der Waals surface area contributed by atoms with E-state index in [0.717, 1.165) is 31.5 Å². The second-order valence-electron chi connectivity index (χ2n) is 6.24. The monoisotopic (exact) mass is 320 g/mol. The number of alkyl carbamates (subject to hydrolysis) is 1. The van der Waals surface area contributed by atoms with Gasteiger partial charge in [-0.05, 0) is 32.3 Å². The molecule has 0 aliphatic carbocycles. The van der Waals surface area contributed by atoms with Crippen molar-refractivity contribution < 1.29 is 19.1 Å². The summed E-state index contributed by atoms with van der Waals surface area (Å²) >= 11 is 0. The number of amides is 2. The summed E-state index contributed by atoms with van der Waals surface area (Å²) in [7, 11) is 0. The van der Waals surface area contributed by atoms with Crippen LogP contribution in [0.1, 0.15) is 32.3 Å². The minimum absolute atomic E-state index is 0.195. The molecule has 23 heavy (non-hydrogen) atoms. The van der Waals surface area contributed by atoms with Gasteiger partial charge in [-0.2, -0.15) is 0 Å². The Kier molecular flexibility index (Phi) is 5.84. The van der Waals surface area contributed by atoms with Crippen molar-refractivity contribution in [3.05, 3.63) is 35.9 Å². The zero-order chi connectivity index (χ0) is 16.7. The third kappa shape index (κ3) is 5.81. The van der Waals surface area contributed by atoms with Crippen molar-refractivity contribution in [1.29, 1.82) is 0 Å². The fraction of sp³-hybridized carbons (Fsp3) is 0.529. The van der Waals surface area contributed by atoms with Crippen LogP contribution in [0.5, 0.6) is 0 Å². The zero-order valence-corrected chi connectivity index (χ0v) is 13.7. The second kappa shape index (κ2) is 7.85. The molecule has 1 saturated heterocycles. The largest absolute Gasteiger partial charge is 0.445 e. The lowest BCUT2D eigenvalue weighted by atomic mass is 10.1. The Morgan fingerprint density at radius 1 is 1.17 bits per heavy atom. The van der Waals surface area contributed by atoms with Gasteiger partial charge in [0.05, 0.1) is 6.54 Å². The Morgan fingerprint density at radius 2 is 1.83 bits per heavy atom. The molecule has 126 valence electrons. The normalized spacial score (nSPS) is 14.4. The van der Waals surface area contributed by atoms with E-state index in [-0.39, 0.29) is 19.2 Å². The molecule has 1 aliphatic heterocycles. The molecule has 1 N–H and O–H groups in total. The van der Waals surface area contributed by atoms with Crippen LogP contribution in [-0.2, 0) is 16.1 Å². The van der Waals surface area contributed by atoms with Gasteiger partial charge >= 0.3 is 12.2 Å². The molecule has 2 amide bonds. The molecule has 0 atom stereocenters. The van der Waals surface area contributed by atoms with Crippen LogP contribution in [0.15, 0.2) is 30.3 Å². The van der Waals surface area contributed by atoms with Gasteiger partial charge in [-0.1, -0.05) is 30.3 Å². The van der Waals surface area contributed by atoms with E-state index in [1.807, 2.05) is 30.3 Å². The number of nitrogens with one attached hydrogen (secondary N) is 1. The average molecular weight is 320 g/mol. The van der Waals surface area contributed by atoms with Crippen molar-refractivity contribution in [2.24, 2.45) is 0 Å².